The molecule has 0 aliphatic carbocycles. The molecule has 0 spiro atoms. The van der Waals surface area contributed by atoms with Gasteiger partial charge in [0, 0.05) is 23.2 Å². The van der Waals surface area contributed by atoms with E-state index in [-0.39, 0.29) is 17.2 Å². The molecule has 33 heavy (non-hydrogen) atoms. The Hall–Kier alpha value is -2.90. The van der Waals surface area contributed by atoms with Crippen molar-refractivity contribution in [1.29, 1.82) is 0 Å². The van der Waals surface area contributed by atoms with E-state index in [9.17, 15) is 9.59 Å². The highest BCUT2D eigenvalue weighted by Crippen LogP contribution is 2.32. The summed E-state index contributed by atoms with van der Waals surface area (Å²) in [6.45, 7) is 4.60. The molecule has 0 fully saturated rings. The molecular weight excluding hydrogens is 450 g/mol. The Labute approximate surface area is 201 Å². The second kappa shape index (κ2) is 10.8. The van der Waals surface area contributed by atoms with E-state index in [1.807, 2.05) is 54.8 Å². The van der Waals surface area contributed by atoms with Crippen molar-refractivity contribution >= 4 is 44.9 Å². The van der Waals surface area contributed by atoms with E-state index < -0.39 is 0 Å². The van der Waals surface area contributed by atoms with Gasteiger partial charge in [0.15, 0.2) is 5.16 Å². The standard InChI is InChI=1S/C26H27N3O2S2/c1-3-5-9-18-12-14-20(15-13-18)27-22(30)17-33-26-28-23-21(19-10-7-6-8-11-19)16-32-24(23)25(31)29(26)4-2/h6-8,10-16H,3-5,9,17H2,1-2H3,(H,27,30). The first-order valence-electron chi connectivity index (χ1n) is 11.2. The lowest BCUT2D eigenvalue weighted by Crippen LogP contribution is -2.22. The first kappa shape index (κ1) is 23.3. The number of fused-ring (bicyclic) bond motifs is 1. The molecule has 4 rings (SSSR count). The number of aromatic nitrogens is 2. The number of carbonyl (C=O) groups is 1. The van der Waals surface area contributed by atoms with Crippen molar-refractivity contribution in [3.63, 3.8) is 0 Å². The topological polar surface area (TPSA) is 64.0 Å². The smallest absolute Gasteiger partial charge is 0.272 e. The van der Waals surface area contributed by atoms with Crippen LogP contribution >= 0.6 is 23.1 Å². The maximum Gasteiger partial charge on any atom is 0.272 e. The monoisotopic (exact) mass is 477 g/mol. The van der Waals surface area contributed by atoms with E-state index in [2.05, 4.69) is 24.4 Å². The van der Waals surface area contributed by atoms with E-state index in [1.165, 1.54) is 28.7 Å². The molecule has 2 aromatic heterocycles. The lowest BCUT2D eigenvalue weighted by Gasteiger charge is -2.11. The first-order chi connectivity index (χ1) is 16.1. The third-order valence-electron chi connectivity index (χ3n) is 5.43. The summed E-state index contributed by atoms with van der Waals surface area (Å²) in [6, 6.07) is 18.0. The summed E-state index contributed by atoms with van der Waals surface area (Å²) >= 11 is 2.72. The number of anilines is 1. The minimum absolute atomic E-state index is 0.0553. The molecule has 0 aliphatic rings. The van der Waals surface area contributed by atoms with Gasteiger partial charge < -0.3 is 5.32 Å². The zero-order valence-corrected chi connectivity index (χ0v) is 20.5. The minimum Gasteiger partial charge on any atom is -0.325 e. The molecule has 5 nitrogen and oxygen atoms in total. The molecule has 0 radical (unpaired) electrons. The van der Waals surface area contributed by atoms with Gasteiger partial charge in [0.1, 0.15) is 4.70 Å². The van der Waals surface area contributed by atoms with Crippen LogP contribution in [0.4, 0.5) is 5.69 Å². The number of hydrogen-bond donors (Lipinski definition) is 1. The van der Waals surface area contributed by atoms with Gasteiger partial charge in [-0.25, -0.2) is 4.98 Å². The number of nitrogens with one attached hydrogen (secondary N) is 1. The number of aryl methyl sites for hydroxylation is 1. The summed E-state index contributed by atoms with van der Waals surface area (Å²) < 4.78 is 2.29. The molecular formula is C26H27N3O2S2. The van der Waals surface area contributed by atoms with Crippen molar-refractivity contribution in [2.45, 2.75) is 44.8 Å². The quantitative estimate of drug-likeness (QED) is 0.230. The van der Waals surface area contributed by atoms with Crippen LogP contribution in [-0.2, 0) is 17.8 Å². The lowest BCUT2D eigenvalue weighted by molar-refractivity contribution is -0.113. The van der Waals surface area contributed by atoms with Gasteiger partial charge in [0.25, 0.3) is 5.56 Å². The highest BCUT2D eigenvalue weighted by Gasteiger charge is 2.17. The molecule has 170 valence electrons. The Kier molecular flexibility index (Phi) is 7.62. The van der Waals surface area contributed by atoms with Crippen LogP contribution in [0.15, 0.2) is 69.9 Å². The van der Waals surface area contributed by atoms with Crippen LogP contribution in [0.1, 0.15) is 32.3 Å². The summed E-state index contributed by atoms with van der Waals surface area (Å²) in [6.07, 6.45) is 3.38. The Bertz CT molecular complexity index is 1300. The molecule has 0 atom stereocenters. The number of unbranched alkanes of at least 4 members (excludes halogenated alkanes) is 1. The van der Waals surface area contributed by atoms with Crippen LogP contribution in [0, 0.1) is 0 Å². The van der Waals surface area contributed by atoms with Gasteiger partial charge in [-0.15, -0.1) is 11.3 Å². The van der Waals surface area contributed by atoms with Crippen LogP contribution < -0.4 is 10.9 Å². The largest absolute Gasteiger partial charge is 0.325 e. The lowest BCUT2D eigenvalue weighted by atomic mass is 10.1. The van der Waals surface area contributed by atoms with Gasteiger partial charge in [0.05, 0.1) is 11.3 Å². The molecule has 4 aromatic rings. The SMILES string of the molecule is CCCCc1ccc(NC(=O)CSc2nc3c(-c4ccccc4)csc3c(=O)n2CC)cc1. The highest BCUT2D eigenvalue weighted by molar-refractivity contribution is 7.99. The number of thioether (sulfide) groups is 1. The third-order valence-corrected chi connectivity index (χ3v) is 7.37. The fourth-order valence-corrected chi connectivity index (χ4v) is 5.47. The van der Waals surface area contributed by atoms with Gasteiger partial charge in [-0.05, 0) is 43.0 Å². The van der Waals surface area contributed by atoms with Gasteiger partial charge in [-0.1, -0.05) is 67.6 Å². The van der Waals surface area contributed by atoms with E-state index in [4.69, 9.17) is 4.98 Å². The second-order valence-electron chi connectivity index (χ2n) is 7.77. The second-order valence-corrected chi connectivity index (χ2v) is 9.60. The highest BCUT2D eigenvalue weighted by atomic mass is 32.2. The average Bonchev–Trinajstić information content (AvgIpc) is 3.27. The van der Waals surface area contributed by atoms with Gasteiger partial charge in [-0.3, -0.25) is 14.2 Å². The predicted octanol–water partition coefficient (Wildman–Crippen LogP) is 6.22. The van der Waals surface area contributed by atoms with Crippen LogP contribution in [0.25, 0.3) is 21.3 Å². The molecule has 2 heterocycles. The fourth-order valence-electron chi connectivity index (χ4n) is 3.65. The van der Waals surface area contributed by atoms with E-state index in [0.717, 1.165) is 36.1 Å². The summed E-state index contributed by atoms with van der Waals surface area (Å²) in [5.41, 5.74) is 4.68. The number of thiophene rings is 1. The molecule has 0 aliphatic heterocycles. The Morgan fingerprint density at radius 3 is 2.55 bits per heavy atom. The molecule has 1 N–H and O–H groups in total. The van der Waals surface area contributed by atoms with Crippen molar-refractivity contribution < 1.29 is 4.79 Å². The number of rotatable bonds is 9. The van der Waals surface area contributed by atoms with Gasteiger partial charge in [0.2, 0.25) is 5.91 Å². The number of amides is 1. The molecule has 0 saturated carbocycles. The van der Waals surface area contributed by atoms with Crippen LogP contribution in [0.5, 0.6) is 0 Å². The predicted molar refractivity (Wildman–Crippen MR) is 139 cm³/mol. The Morgan fingerprint density at radius 1 is 1.09 bits per heavy atom. The normalized spacial score (nSPS) is 11.1. The zero-order chi connectivity index (χ0) is 23.2. The van der Waals surface area contributed by atoms with Gasteiger partial charge >= 0.3 is 0 Å². The van der Waals surface area contributed by atoms with Crippen molar-refractivity contribution in [2.75, 3.05) is 11.1 Å². The molecule has 7 heteroatoms. The van der Waals surface area contributed by atoms with Crippen molar-refractivity contribution in [3.8, 4) is 11.1 Å². The number of benzene rings is 2. The molecule has 0 saturated heterocycles. The van der Waals surface area contributed by atoms with Crippen molar-refractivity contribution in [2.24, 2.45) is 0 Å². The molecule has 0 bridgehead atoms. The van der Waals surface area contributed by atoms with E-state index in [0.29, 0.717) is 21.9 Å². The van der Waals surface area contributed by atoms with Crippen LogP contribution in [-0.4, -0.2) is 21.2 Å². The minimum atomic E-state index is -0.119. The van der Waals surface area contributed by atoms with E-state index in [1.54, 1.807) is 4.57 Å². The van der Waals surface area contributed by atoms with Gasteiger partial charge in [-0.2, -0.15) is 0 Å². The molecule has 1 amide bonds. The van der Waals surface area contributed by atoms with E-state index >= 15 is 0 Å². The maximum absolute atomic E-state index is 13.1. The summed E-state index contributed by atoms with van der Waals surface area (Å²) in [4.78, 5) is 30.5. The summed E-state index contributed by atoms with van der Waals surface area (Å²) in [7, 11) is 0. The van der Waals surface area contributed by atoms with Crippen LogP contribution in [0.2, 0.25) is 0 Å². The summed E-state index contributed by atoms with van der Waals surface area (Å²) in [5.74, 6) is 0.0623. The fraction of sp³-hybridized carbons (Fsp3) is 0.269. The third kappa shape index (κ3) is 5.37. The Morgan fingerprint density at radius 2 is 1.85 bits per heavy atom. The zero-order valence-electron chi connectivity index (χ0n) is 18.8. The Balaban J connectivity index is 1.52. The van der Waals surface area contributed by atoms with Crippen molar-refractivity contribution in [3.05, 3.63) is 75.9 Å². The number of nitrogens with zero attached hydrogens (tertiary/aromatic N) is 2. The maximum atomic E-state index is 13.1. The summed E-state index contributed by atoms with van der Waals surface area (Å²) in [5, 5.41) is 5.50. The average molecular weight is 478 g/mol. The van der Waals surface area contributed by atoms with Crippen molar-refractivity contribution in [1.82, 2.24) is 9.55 Å². The number of hydrogen-bond acceptors (Lipinski definition) is 5. The first-order valence-corrected chi connectivity index (χ1v) is 13.1. The van der Waals surface area contributed by atoms with Crippen LogP contribution in [0.3, 0.4) is 0 Å². The molecule has 2 aromatic carbocycles. The number of carbonyl (C=O) groups excluding carboxylic acids is 1. The molecule has 0 unspecified atom stereocenters.